The number of amides is 2. The molecule has 3 unspecified atom stereocenters. The van der Waals surface area contributed by atoms with Crippen LogP contribution in [-0.2, 0) is 9.53 Å². The number of carbonyl (C=O) groups excluding carboxylic acids is 2. The number of imidazole rings is 1. The summed E-state index contributed by atoms with van der Waals surface area (Å²) in [6.45, 7) is 0.244. The third-order valence-corrected chi connectivity index (χ3v) is 5.50. The fourth-order valence-electron chi connectivity index (χ4n) is 3.82. The standard InChI is InChI=1S/C21H28N4O4/c1-24(11-12-26)21(28)16-5-8-19(29-2)18(13-16)23-20(27)15-3-6-17(7-4-15)25-10-9-22-14-25/h3-4,6-7,9-10,14,16,18-19,26H,5,8,11-13H2,1-2H3,(H,23,27). The molecule has 1 heterocycles. The maximum atomic E-state index is 12.8. The average Bonchev–Trinajstić information content (AvgIpc) is 3.28. The second-order valence-corrected chi connectivity index (χ2v) is 7.36. The van der Waals surface area contributed by atoms with Crippen LogP contribution in [0.1, 0.15) is 29.6 Å². The third-order valence-electron chi connectivity index (χ3n) is 5.50. The van der Waals surface area contributed by atoms with Gasteiger partial charge >= 0.3 is 0 Å². The van der Waals surface area contributed by atoms with Crippen LogP contribution in [0.2, 0.25) is 0 Å². The monoisotopic (exact) mass is 400 g/mol. The van der Waals surface area contributed by atoms with Gasteiger partial charge in [-0.1, -0.05) is 0 Å². The van der Waals surface area contributed by atoms with Gasteiger partial charge in [-0.2, -0.15) is 0 Å². The first-order valence-electron chi connectivity index (χ1n) is 9.81. The zero-order valence-corrected chi connectivity index (χ0v) is 16.8. The molecule has 0 spiro atoms. The molecule has 1 aromatic carbocycles. The molecule has 0 radical (unpaired) electrons. The molecule has 8 nitrogen and oxygen atoms in total. The highest BCUT2D eigenvalue weighted by Crippen LogP contribution is 2.28. The van der Waals surface area contributed by atoms with Crippen LogP contribution < -0.4 is 5.32 Å². The highest BCUT2D eigenvalue weighted by Gasteiger charge is 2.36. The van der Waals surface area contributed by atoms with Crippen LogP contribution in [0.5, 0.6) is 0 Å². The Kier molecular flexibility index (Phi) is 7.00. The van der Waals surface area contributed by atoms with Crippen LogP contribution >= 0.6 is 0 Å². The number of carbonyl (C=O) groups is 2. The van der Waals surface area contributed by atoms with Crippen LogP contribution in [0, 0.1) is 5.92 Å². The van der Waals surface area contributed by atoms with Gasteiger partial charge in [0, 0.05) is 50.3 Å². The minimum Gasteiger partial charge on any atom is -0.395 e. The minimum atomic E-state index is -0.244. The number of methoxy groups -OCH3 is 1. The molecule has 29 heavy (non-hydrogen) atoms. The van der Waals surface area contributed by atoms with Crippen molar-refractivity contribution >= 4 is 11.8 Å². The van der Waals surface area contributed by atoms with Gasteiger partial charge in [-0.25, -0.2) is 4.98 Å². The second-order valence-electron chi connectivity index (χ2n) is 7.36. The molecule has 2 amide bonds. The molecule has 1 fully saturated rings. The molecule has 0 aliphatic heterocycles. The van der Waals surface area contributed by atoms with Gasteiger partial charge in [-0.05, 0) is 43.5 Å². The normalized spacial score (nSPS) is 21.6. The summed E-state index contributed by atoms with van der Waals surface area (Å²) >= 11 is 0. The maximum Gasteiger partial charge on any atom is 0.251 e. The molecule has 0 bridgehead atoms. The summed E-state index contributed by atoms with van der Waals surface area (Å²) in [6, 6.07) is 7.02. The summed E-state index contributed by atoms with van der Waals surface area (Å²) in [4.78, 5) is 30.9. The number of aliphatic hydroxyl groups excluding tert-OH is 1. The lowest BCUT2D eigenvalue weighted by atomic mass is 9.82. The molecule has 1 aliphatic carbocycles. The van der Waals surface area contributed by atoms with Gasteiger partial charge in [-0.3, -0.25) is 9.59 Å². The molecule has 1 aliphatic rings. The van der Waals surface area contributed by atoms with Gasteiger partial charge in [0.1, 0.15) is 0 Å². The summed E-state index contributed by atoms with van der Waals surface area (Å²) in [5.74, 6) is -0.379. The largest absolute Gasteiger partial charge is 0.395 e. The summed E-state index contributed by atoms with van der Waals surface area (Å²) < 4.78 is 7.42. The van der Waals surface area contributed by atoms with Crippen LogP contribution in [-0.4, -0.2) is 70.8 Å². The second kappa shape index (κ2) is 9.67. The van der Waals surface area contributed by atoms with E-state index < -0.39 is 0 Å². The number of ether oxygens (including phenoxy) is 1. The summed E-state index contributed by atoms with van der Waals surface area (Å²) in [5, 5.41) is 12.1. The van der Waals surface area contributed by atoms with E-state index in [1.807, 2.05) is 22.9 Å². The molecule has 1 saturated carbocycles. The van der Waals surface area contributed by atoms with E-state index in [2.05, 4.69) is 10.3 Å². The highest BCUT2D eigenvalue weighted by atomic mass is 16.5. The summed E-state index contributed by atoms with van der Waals surface area (Å²) in [5.41, 5.74) is 1.47. The molecule has 3 rings (SSSR count). The fraction of sp³-hybridized carbons (Fsp3) is 0.476. The number of nitrogens with one attached hydrogen (secondary N) is 1. The maximum absolute atomic E-state index is 12.8. The number of aromatic nitrogens is 2. The Morgan fingerprint density at radius 3 is 2.69 bits per heavy atom. The van der Waals surface area contributed by atoms with Gasteiger partial charge in [0.25, 0.3) is 5.91 Å². The number of rotatable bonds is 7. The number of aliphatic hydroxyl groups is 1. The Morgan fingerprint density at radius 1 is 1.31 bits per heavy atom. The van der Waals surface area contributed by atoms with Gasteiger partial charge < -0.3 is 24.6 Å². The Morgan fingerprint density at radius 2 is 2.07 bits per heavy atom. The van der Waals surface area contributed by atoms with E-state index in [1.54, 1.807) is 43.7 Å². The zero-order valence-electron chi connectivity index (χ0n) is 16.8. The zero-order chi connectivity index (χ0) is 20.8. The van der Waals surface area contributed by atoms with Crippen molar-refractivity contribution in [2.24, 2.45) is 5.92 Å². The summed E-state index contributed by atoms with van der Waals surface area (Å²) in [7, 11) is 3.32. The van der Waals surface area contributed by atoms with Crippen LogP contribution in [0.25, 0.3) is 5.69 Å². The third kappa shape index (κ3) is 5.02. The van der Waals surface area contributed by atoms with Crippen molar-refractivity contribution in [2.75, 3.05) is 27.3 Å². The van der Waals surface area contributed by atoms with Gasteiger partial charge in [0.05, 0.1) is 25.1 Å². The predicted octanol–water partition coefficient (Wildman–Crippen LogP) is 1.24. The van der Waals surface area contributed by atoms with Crippen LogP contribution in [0.15, 0.2) is 43.0 Å². The Balaban J connectivity index is 1.65. The lowest BCUT2D eigenvalue weighted by molar-refractivity contribution is -0.137. The first-order valence-corrected chi connectivity index (χ1v) is 9.81. The quantitative estimate of drug-likeness (QED) is 0.729. The minimum absolute atomic E-state index is 0.00228. The van der Waals surface area contributed by atoms with Crippen LogP contribution in [0.4, 0.5) is 0 Å². The smallest absolute Gasteiger partial charge is 0.251 e. The van der Waals surface area contributed by atoms with Gasteiger partial charge in [-0.15, -0.1) is 0 Å². The number of likely N-dealkylation sites (N-methyl/N-ethyl adjacent to an activating group) is 1. The van der Waals surface area contributed by atoms with E-state index in [-0.39, 0.29) is 36.5 Å². The topological polar surface area (TPSA) is 96.7 Å². The van der Waals surface area contributed by atoms with Crippen LogP contribution in [0.3, 0.4) is 0 Å². The molecular formula is C21H28N4O4. The molecule has 1 aromatic heterocycles. The molecule has 2 N–H and O–H groups in total. The average molecular weight is 400 g/mol. The number of benzene rings is 1. The highest BCUT2D eigenvalue weighted by molar-refractivity contribution is 5.94. The Hall–Kier alpha value is -2.71. The lowest BCUT2D eigenvalue weighted by Gasteiger charge is -2.36. The number of hydrogen-bond donors (Lipinski definition) is 2. The molecule has 156 valence electrons. The molecule has 0 saturated heterocycles. The number of nitrogens with zero attached hydrogens (tertiary/aromatic N) is 3. The Bertz CT molecular complexity index is 807. The van der Waals surface area contributed by atoms with Gasteiger partial charge in [0.2, 0.25) is 5.91 Å². The van der Waals surface area contributed by atoms with E-state index >= 15 is 0 Å². The predicted molar refractivity (Wildman–Crippen MR) is 108 cm³/mol. The van der Waals surface area contributed by atoms with E-state index in [0.717, 1.165) is 5.69 Å². The van der Waals surface area contributed by atoms with E-state index in [1.165, 1.54) is 0 Å². The Labute approximate surface area is 170 Å². The van der Waals surface area contributed by atoms with Gasteiger partial charge in [0.15, 0.2) is 0 Å². The van der Waals surface area contributed by atoms with E-state index in [4.69, 9.17) is 9.84 Å². The van der Waals surface area contributed by atoms with Crippen molar-refractivity contribution in [3.63, 3.8) is 0 Å². The molecule has 2 aromatic rings. The first kappa shape index (κ1) is 21.0. The lowest BCUT2D eigenvalue weighted by Crippen LogP contribution is -2.50. The van der Waals surface area contributed by atoms with Crippen molar-refractivity contribution in [1.29, 1.82) is 0 Å². The first-order chi connectivity index (χ1) is 14.0. The summed E-state index contributed by atoms with van der Waals surface area (Å²) in [6.07, 6.45) is 7.03. The van der Waals surface area contributed by atoms with E-state index in [0.29, 0.717) is 31.4 Å². The van der Waals surface area contributed by atoms with E-state index in [9.17, 15) is 9.59 Å². The number of hydrogen-bond acceptors (Lipinski definition) is 5. The van der Waals surface area contributed by atoms with Crippen molar-refractivity contribution in [3.8, 4) is 5.69 Å². The van der Waals surface area contributed by atoms with Crippen molar-refractivity contribution < 1.29 is 19.4 Å². The SMILES string of the molecule is COC1CCC(C(=O)N(C)CCO)CC1NC(=O)c1ccc(-n2ccnc2)cc1. The van der Waals surface area contributed by atoms with Crippen molar-refractivity contribution in [1.82, 2.24) is 19.8 Å². The molecule has 8 heteroatoms. The molecule has 3 atom stereocenters. The van der Waals surface area contributed by atoms with Crippen molar-refractivity contribution in [2.45, 2.75) is 31.4 Å². The fourth-order valence-corrected chi connectivity index (χ4v) is 3.82. The van der Waals surface area contributed by atoms with Crippen molar-refractivity contribution in [3.05, 3.63) is 48.5 Å². The molecular weight excluding hydrogens is 372 g/mol.